The first-order valence-electron chi connectivity index (χ1n) is 9.65. The SMILES string of the molecule is Cc1csc(N(C(=O)/C=C/c2c(C)nn(-c3ccccc3)c2C)c2ccccc2)n1. The summed E-state index contributed by atoms with van der Waals surface area (Å²) in [7, 11) is 0. The van der Waals surface area contributed by atoms with Crippen LogP contribution in [-0.4, -0.2) is 20.7 Å². The summed E-state index contributed by atoms with van der Waals surface area (Å²) in [6.07, 6.45) is 3.44. The van der Waals surface area contributed by atoms with Crippen molar-refractivity contribution in [2.45, 2.75) is 20.8 Å². The molecule has 0 aliphatic carbocycles. The molecule has 0 fully saturated rings. The average molecular weight is 415 g/mol. The van der Waals surface area contributed by atoms with Crippen LogP contribution in [0.15, 0.2) is 72.1 Å². The lowest BCUT2D eigenvalue weighted by Crippen LogP contribution is -2.23. The molecule has 2 aromatic heterocycles. The van der Waals surface area contributed by atoms with Crippen LogP contribution in [-0.2, 0) is 4.79 Å². The van der Waals surface area contributed by atoms with E-state index in [0.29, 0.717) is 5.13 Å². The Kier molecular flexibility index (Phi) is 5.59. The summed E-state index contributed by atoms with van der Waals surface area (Å²) in [6, 6.07) is 19.6. The third-order valence-corrected chi connectivity index (χ3v) is 5.72. The second kappa shape index (κ2) is 8.47. The van der Waals surface area contributed by atoms with Crippen molar-refractivity contribution in [1.82, 2.24) is 14.8 Å². The highest BCUT2D eigenvalue weighted by Gasteiger charge is 2.19. The lowest BCUT2D eigenvalue weighted by molar-refractivity contribution is -0.113. The second-order valence-corrected chi connectivity index (χ2v) is 7.78. The molecule has 0 N–H and O–H groups in total. The van der Waals surface area contributed by atoms with E-state index in [2.05, 4.69) is 10.1 Å². The molecule has 0 bridgehead atoms. The second-order valence-electron chi connectivity index (χ2n) is 6.95. The van der Waals surface area contributed by atoms with Gasteiger partial charge in [0.25, 0.3) is 5.91 Å². The lowest BCUT2D eigenvalue weighted by atomic mass is 10.1. The molecule has 0 saturated heterocycles. The Balaban J connectivity index is 1.67. The van der Waals surface area contributed by atoms with E-state index in [9.17, 15) is 4.79 Å². The van der Waals surface area contributed by atoms with Crippen molar-refractivity contribution in [1.29, 1.82) is 0 Å². The fourth-order valence-electron chi connectivity index (χ4n) is 3.30. The molecule has 5 nitrogen and oxygen atoms in total. The molecule has 4 rings (SSSR count). The molecule has 30 heavy (non-hydrogen) atoms. The zero-order chi connectivity index (χ0) is 21.1. The van der Waals surface area contributed by atoms with Crippen LogP contribution in [0.25, 0.3) is 11.8 Å². The maximum absolute atomic E-state index is 13.2. The first-order chi connectivity index (χ1) is 14.5. The van der Waals surface area contributed by atoms with Crippen molar-refractivity contribution in [3.8, 4) is 5.69 Å². The zero-order valence-electron chi connectivity index (χ0n) is 17.1. The van der Waals surface area contributed by atoms with Crippen LogP contribution >= 0.6 is 11.3 Å². The number of carbonyl (C=O) groups is 1. The average Bonchev–Trinajstić information content (AvgIpc) is 3.31. The van der Waals surface area contributed by atoms with Crippen LogP contribution in [0, 0.1) is 20.8 Å². The largest absolute Gasteiger partial charge is 0.269 e. The number of carbonyl (C=O) groups excluding carboxylic acids is 1. The monoisotopic (exact) mass is 414 g/mol. The molecule has 1 amide bonds. The number of aryl methyl sites for hydroxylation is 2. The van der Waals surface area contributed by atoms with Crippen LogP contribution in [0.1, 0.15) is 22.6 Å². The van der Waals surface area contributed by atoms with Gasteiger partial charge in [0, 0.05) is 22.7 Å². The summed E-state index contributed by atoms with van der Waals surface area (Å²) in [6.45, 7) is 5.89. The van der Waals surface area contributed by atoms with E-state index in [-0.39, 0.29) is 5.91 Å². The van der Waals surface area contributed by atoms with Gasteiger partial charge in [-0.2, -0.15) is 5.10 Å². The molecule has 0 saturated carbocycles. The van der Waals surface area contributed by atoms with E-state index in [4.69, 9.17) is 0 Å². The minimum atomic E-state index is -0.151. The van der Waals surface area contributed by atoms with Gasteiger partial charge in [-0.1, -0.05) is 36.4 Å². The van der Waals surface area contributed by atoms with E-state index in [0.717, 1.165) is 34.0 Å². The highest BCUT2D eigenvalue weighted by Crippen LogP contribution is 2.29. The van der Waals surface area contributed by atoms with Crippen molar-refractivity contribution >= 4 is 34.1 Å². The molecule has 2 aromatic carbocycles. The molecular formula is C24H22N4OS. The number of nitrogens with zero attached hydrogens (tertiary/aromatic N) is 4. The summed E-state index contributed by atoms with van der Waals surface area (Å²) in [5.41, 5.74) is 5.47. The van der Waals surface area contributed by atoms with Crippen LogP contribution < -0.4 is 4.90 Å². The van der Waals surface area contributed by atoms with Crippen LogP contribution in [0.3, 0.4) is 0 Å². The number of thiazole rings is 1. The van der Waals surface area contributed by atoms with E-state index in [1.807, 2.05) is 97.6 Å². The maximum Gasteiger partial charge on any atom is 0.257 e. The first kappa shape index (κ1) is 19.8. The van der Waals surface area contributed by atoms with E-state index in [1.165, 1.54) is 11.3 Å². The predicted molar refractivity (Wildman–Crippen MR) is 123 cm³/mol. The molecule has 4 aromatic rings. The normalized spacial score (nSPS) is 11.2. The molecule has 0 spiro atoms. The molecule has 0 aliphatic heterocycles. The van der Waals surface area contributed by atoms with Gasteiger partial charge in [-0.05, 0) is 51.1 Å². The van der Waals surface area contributed by atoms with Crippen LogP contribution in [0.5, 0.6) is 0 Å². The van der Waals surface area contributed by atoms with Gasteiger partial charge < -0.3 is 0 Å². The van der Waals surface area contributed by atoms with Crippen molar-refractivity contribution in [3.63, 3.8) is 0 Å². The molecule has 0 radical (unpaired) electrons. The van der Waals surface area contributed by atoms with Gasteiger partial charge in [0.15, 0.2) is 5.13 Å². The van der Waals surface area contributed by atoms with Crippen molar-refractivity contribution in [3.05, 3.63) is 94.8 Å². The third-order valence-electron chi connectivity index (χ3n) is 4.77. The number of anilines is 2. The number of para-hydroxylation sites is 2. The standard InChI is InChI=1S/C24H22N4OS/c1-17-16-30-24(25-17)27(20-10-6-4-7-11-20)23(29)15-14-22-18(2)26-28(19(22)3)21-12-8-5-9-13-21/h4-16H,1-3H3/b15-14+. The Morgan fingerprint density at radius 3 is 2.30 bits per heavy atom. The fourth-order valence-corrected chi connectivity index (χ4v) is 4.13. The van der Waals surface area contributed by atoms with Gasteiger partial charge in [-0.25, -0.2) is 9.67 Å². The summed E-state index contributed by atoms with van der Waals surface area (Å²) in [5, 5.41) is 7.25. The van der Waals surface area contributed by atoms with Gasteiger partial charge in [0.1, 0.15) is 0 Å². The minimum absolute atomic E-state index is 0.151. The van der Waals surface area contributed by atoms with Gasteiger partial charge in [0.05, 0.1) is 22.8 Å². The first-order valence-corrected chi connectivity index (χ1v) is 10.5. The predicted octanol–water partition coefficient (Wildman–Crippen LogP) is 5.63. The molecule has 6 heteroatoms. The Hall–Kier alpha value is -3.51. The Labute approximate surface area is 179 Å². The van der Waals surface area contributed by atoms with Crippen molar-refractivity contribution in [2.24, 2.45) is 0 Å². The van der Waals surface area contributed by atoms with Crippen molar-refractivity contribution < 1.29 is 4.79 Å². The van der Waals surface area contributed by atoms with Crippen LogP contribution in [0.4, 0.5) is 10.8 Å². The number of aromatic nitrogens is 3. The number of rotatable bonds is 5. The van der Waals surface area contributed by atoms with E-state index >= 15 is 0 Å². The number of benzene rings is 2. The number of hydrogen-bond acceptors (Lipinski definition) is 4. The summed E-state index contributed by atoms with van der Waals surface area (Å²) >= 11 is 1.45. The Bertz CT molecular complexity index is 1190. The summed E-state index contributed by atoms with van der Waals surface area (Å²) in [4.78, 5) is 19.4. The quantitative estimate of drug-likeness (QED) is 0.398. The van der Waals surface area contributed by atoms with Crippen molar-refractivity contribution in [2.75, 3.05) is 4.90 Å². The van der Waals surface area contributed by atoms with Gasteiger partial charge in [-0.15, -0.1) is 11.3 Å². The smallest absolute Gasteiger partial charge is 0.257 e. The molecule has 0 atom stereocenters. The lowest BCUT2D eigenvalue weighted by Gasteiger charge is -2.18. The minimum Gasteiger partial charge on any atom is -0.269 e. The van der Waals surface area contributed by atoms with Crippen LogP contribution in [0.2, 0.25) is 0 Å². The highest BCUT2D eigenvalue weighted by molar-refractivity contribution is 7.14. The molecule has 0 unspecified atom stereocenters. The van der Waals surface area contributed by atoms with Gasteiger partial charge >= 0.3 is 0 Å². The Morgan fingerprint density at radius 2 is 1.67 bits per heavy atom. The molecule has 150 valence electrons. The third kappa shape index (κ3) is 3.95. The van der Waals surface area contributed by atoms with Gasteiger partial charge in [0.2, 0.25) is 0 Å². The fraction of sp³-hybridized carbons (Fsp3) is 0.125. The molecular weight excluding hydrogens is 392 g/mol. The Morgan fingerprint density at radius 1 is 1.00 bits per heavy atom. The topological polar surface area (TPSA) is 51.0 Å². The maximum atomic E-state index is 13.2. The number of amides is 1. The number of hydrogen-bond donors (Lipinski definition) is 0. The van der Waals surface area contributed by atoms with E-state index < -0.39 is 0 Å². The zero-order valence-corrected chi connectivity index (χ0v) is 17.9. The summed E-state index contributed by atoms with van der Waals surface area (Å²) < 4.78 is 1.90. The van der Waals surface area contributed by atoms with Gasteiger partial charge in [-0.3, -0.25) is 9.69 Å². The van der Waals surface area contributed by atoms with E-state index in [1.54, 1.807) is 11.0 Å². The molecule has 0 aliphatic rings. The highest BCUT2D eigenvalue weighted by atomic mass is 32.1. The molecule has 2 heterocycles. The summed E-state index contributed by atoms with van der Waals surface area (Å²) in [5.74, 6) is -0.151.